The quantitative estimate of drug-likeness (QED) is 0.275. The smallest absolute Gasteiger partial charge is 0.446 e. The van der Waals surface area contributed by atoms with E-state index in [1.807, 2.05) is 0 Å². The SMILES string of the molecule is O=C(O)c1ccc(OS(=O)(=O)O)cc1.O=S(=O)(O)CCN(CCO)CCO. The molecule has 156 valence electrons. The van der Waals surface area contributed by atoms with Gasteiger partial charge in [-0.3, -0.25) is 14.0 Å². The van der Waals surface area contributed by atoms with Crippen LogP contribution in [0.25, 0.3) is 0 Å². The molecule has 0 saturated heterocycles. The van der Waals surface area contributed by atoms with Crippen molar-refractivity contribution in [1.29, 1.82) is 0 Å². The summed E-state index contributed by atoms with van der Waals surface area (Å²) < 4.78 is 61.9. The van der Waals surface area contributed by atoms with Gasteiger partial charge in [0, 0.05) is 19.6 Å². The molecule has 1 rings (SSSR count). The maximum atomic E-state index is 10.4. The van der Waals surface area contributed by atoms with Crippen molar-refractivity contribution in [3.63, 3.8) is 0 Å². The highest BCUT2D eigenvalue weighted by Gasteiger charge is 2.09. The summed E-state index contributed by atoms with van der Waals surface area (Å²) in [4.78, 5) is 11.9. The van der Waals surface area contributed by atoms with Crippen LogP contribution in [-0.4, -0.2) is 90.7 Å². The first-order valence-corrected chi connectivity index (χ1v) is 10.2. The molecular weight excluding hydrogens is 410 g/mol. The van der Waals surface area contributed by atoms with Crippen LogP contribution in [0.15, 0.2) is 24.3 Å². The average molecular weight is 431 g/mol. The van der Waals surface area contributed by atoms with E-state index in [0.717, 1.165) is 24.3 Å². The van der Waals surface area contributed by atoms with Gasteiger partial charge in [0.2, 0.25) is 0 Å². The third kappa shape index (κ3) is 14.0. The van der Waals surface area contributed by atoms with Gasteiger partial charge in [0.1, 0.15) is 5.75 Å². The molecule has 0 aliphatic rings. The van der Waals surface area contributed by atoms with Crippen molar-refractivity contribution in [2.75, 3.05) is 38.6 Å². The molecule has 1 aromatic rings. The molecule has 0 bridgehead atoms. The average Bonchev–Trinajstić information content (AvgIpc) is 2.52. The number of benzene rings is 1. The van der Waals surface area contributed by atoms with Gasteiger partial charge < -0.3 is 19.5 Å². The molecule has 0 unspecified atom stereocenters. The minimum absolute atomic E-state index is 0.00677. The molecule has 0 spiro atoms. The predicted octanol–water partition coefficient (Wildman–Crippen LogP) is -1.27. The van der Waals surface area contributed by atoms with Crippen LogP contribution in [0.2, 0.25) is 0 Å². The van der Waals surface area contributed by atoms with Gasteiger partial charge in [0.25, 0.3) is 10.1 Å². The summed E-state index contributed by atoms with van der Waals surface area (Å²) in [5.74, 6) is -1.67. The first-order valence-electron chi connectivity index (χ1n) is 7.27. The third-order valence-corrected chi connectivity index (χ3v) is 3.90. The Kier molecular flexibility index (Phi) is 11.0. The van der Waals surface area contributed by atoms with Crippen LogP contribution in [0, 0.1) is 0 Å². The summed E-state index contributed by atoms with van der Waals surface area (Å²) >= 11 is 0. The fourth-order valence-electron chi connectivity index (χ4n) is 1.64. The van der Waals surface area contributed by atoms with Crippen molar-refractivity contribution in [2.24, 2.45) is 0 Å². The summed E-state index contributed by atoms with van der Waals surface area (Å²) in [6, 6.07) is 4.56. The van der Waals surface area contributed by atoms with Crippen LogP contribution in [0.3, 0.4) is 0 Å². The fraction of sp³-hybridized carbons (Fsp3) is 0.462. The highest BCUT2D eigenvalue weighted by molar-refractivity contribution is 7.85. The Balaban J connectivity index is 0.000000503. The summed E-state index contributed by atoms with van der Waals surface area (Å²) in [5, 5.41) is 25.6. The van der Waals surface area contributed by atoms with Crippen molar-refractivity contribution in [1.82, 2.24) is 4.90 Å². The predicted molar refractivity (Wildman–Crippen MR) is 92.6 cm³/mol. The lowest BCUT2D eigenvalue weighted by molar-refractivity contribution is 0.0697. The fourth-order valence-corrected chi connectivity index (χ4v) is 2.48. The van der Waals surface area contributed by atoms with E-state index in [1.54, 1.807) is 4.90 Å². The number of aliphatic hydroxyl groups is 2. The van der Waals surface area contributed by atoms with Crippen LogP contribution in [0.4, 0.5) is 0 Å². The van der Waals surface area contributed by atoms with Crippen molar-refractivity contribution < 1.29 is 50.2 Å². The van der Waals surface area contributed by atoms with Crippen LogP contribution >= 0.6 is 0 Å². The largest absolute Gasteiger partial charge is 0.478 e. The minimum Gasteiger partial charge on any atom is -0.478 e. The van der Waals surface area contributed by atoms with E-state index in [4.69, 9.17) is 24.4 Å². The molecule has 0 radical (unpaired) electrons. The lowest BCUT2D eigenvalue weighted by Crippen LogP contribution is -2.34. The van der Waals surface area contributed by atoms with Crippen LogP contribution in [0.5, 0.6) is 5.75 Å². The number of rotatable bonds is 10. The van der Waals surface area contributed by atoms with Crippen LogP contribution < -0.4 is 4.18 Å². The molecule has 0 aromatic heterocycles. The molecule has 5 N–H and O–H groups in total. The normalized spacial score (nSPS) is 11.6. The number of carbonyl (C=O) groups is 1. The standard InChI is InChI=1S/C7H6O6S.C6H15NO5S/c8-7(9)5-1-3-6(4-2-5)13-14(10,11)12;8-4-1-7(2-5-9)3-6-13(10,11)12/h1-4H,(H,8,9)(H,10,11,12);8-9H,1-6H2,(H,10,11,12). The number of aromatic carboxylic acids is 1. The molecule has 0 amide bonds. The Labute approximate surface area is 156 Å². The number of carboxylic acid groups (broad SMARTS) is 1. The van der Waals surface area contributed by atoms with Gasteiger partial charge in [0.05, 0.1) is 24.5 Å². The van der Waals surface area contributed by atoms with Crippen molar-refractivity contribution in [2.45, 2.75) is 0 Å². The first kappa shape index (κ1) is 25.2. The molecule has 0 atom stereocenters. The first-order chi connectivity index (χ1) is 12.4. The Morgan fingerprint density at radius 3 is 1.74 bits per heavy atom. The highest BCUT2D eigenvalue weighted by atomic mass is 32.3. The van der Waals surface area contributed by atoms with Gasteiger partial charge >= 0.3 is 16.4 Å². The summed E-state index contributed by atoms with van der Waals surface area (Å²) in [6.45, 7) is 0.475. The van der Waals surface area contributed by atoms with Gasteiger partial charge in [-0.05, 0) is 24.3 Å². The van der Waals surface area contributed by atoms with E-state index in [0.29, 0.717) is 0 Å². The van der Waals surface area contributed by atoms with Crippen molar-refractivity contribution >= 4 is 26.5 Å². The lowest BCUT2D eigenvalue weighted by Gasteiger charge is -2.18. The van der Waals surface area contributed by atoms with Crippen LogP contribution in [0.1, 0.15) is 10.4 Å². The molecule has 0 saturated carbocycles. The Morgan fingerprint density at radius 1 is 0.926 bits per heavy atom. The molecule has 12 nitrogen and oxygen atoms in total. The van der Waals surface area contributed by atoms with Crippen LogP contribution in [-0.2, 0) is 20.5 Å². The van der Waals surface area contributed by atoms with Crippen molar-refractivity contribution in [3.8, 4) is 5.75 Å². The molecule has 0 aliphatic carbocycles. The minimum atomic E-state index is -4.56. The van der Waals surface area contributed by atoms with Gasteiger partial charge in [0.15, 0.2) is 0 Å². The van der Waals surface area contributed by atoms with E-state index in [-0.39, 0.29) is 49.9 Å². The second kappa shape index (κ2) is 11.8. The monoisotopic (exact) mass is 431 g/mol. The maximum Gasteiger partial charge on any atom is 0.446 e. The second-order valence-corrected chi connectivity index (χ2v) is 7.51. The zero-order chi connectivity index (χ0) is 21.1. The molecule has 0 aliphatic heterocycles. The topological polar surface area (TPSA) is 199 Å². The second-order valence-electron chi connectivity index (χ2n) is 4.92. The van der Waals surface area contributed by atoms with E-state index in [1.165, 1.54) is 0 Å². The van der Waals surface area contributed by atoms with E-state index in [2.05, 4.69) is 4.18 Å². The number of hydrogen-bond acceptors (Lipinski definition) is 9. The molecule has 0 heterocycles. The van der Waals surface area contributed by atoms with Crippen molar-refractivity contribution in [3.05, 3.63) is 29.8 Å². The summed E-state index contributed by atoms with van der Waals surface area (Å²) in [7, 11) is -8.52. The van der Waals surface area contributed by atoms with E-state index in [9.17, 15) is 21.6 Å². The highest BCUT2D eigenvalue weighted by Crippen LogP contribution is 2.13. The van der Waals surface area contributed by atoms with Gasteiger partial charge in [-0.15, -0.1) is 0 Å². The Morgan fingerprint density at radius 2 is 1.41 bits per heavy atom. The zero-order valence-corrected chi connectivity index (χ0v) is 15.6. The molecule has 27 heavy (non-hydrogen) atoms. The van der Waals surface area contributed by atoms with Gasteiger partial charge in [-0.25, -0.2) is 4.79 Å². The molecule has 14 heteroatoms. The summed E-state index contributed by atoms with van der Waals surface area (Å²) in [5.41, 5.74) is -0.00677. The maximum absolute atomic E-state index is 10.4. The molecular formula is C13H21NO11S2. The Bertz CT molecular complexity index is 769. The van der Waals surface area contributed by atoms with Gasteiger partial charge in [-0.1, -0.05) is 0 Å². The number of carboxylic acids is 1. The number of nitrogens with zero attached hydrogens (tertiary/aromatic N) is 1. The molecule has 0 fully saturated rings. The molecule has 1 aromatic carbocycles. The Hall–Kier alpha value is -1.81. The summed E-state index contributed by atoms with van der Waals surface area (Å²) in [6.07, 6.45) is 0. The third-order valence-electron chi connectivity index (χ3n) is 2.80. The van der Waals surface area contributed by atoms with E-state index >= 15 is 0 Å². The lowest BCUT2D eigenvalue weighted by atomic mass is 10.2. The van der Waals surface area contributed by atoms with E-state index < -0.39 is 26.5 Å². The number of hydrogen-bond donors (Lipinski definition) is 5. The zero-order valence-electron chi connectivity index (χ0n) is 14.0. The van der Waals surface area contributed by atoms with Gasteiger partial charge in [-0.2, -0.15) is 16.8 Å². The number of aliphatic hydroxyl groups excluding tert-OH is 2.